The predicted molar refractivity (Wildman–Crippen MR) is 89.2 cm³/mol. The maximum atomic E-state index is 12.2. The molecule has 0 unspecified atom stereocenters. The van der Waals surface area contributed by atoms with E-state index in [2.05, 4.69) is 33.9 Å². The molecule has 0 spiro atoms. The number of hydrogen-bond acceptors (Lipinski definition) is 3. The minimum absolute atomic E-state index is 0.0453. The second kappa shape index (κ2) is 7.87. The fraction of sp³-hybridized carbons (Fsp3) is 0.625. The predicted octanol–water partition coefficient (Wildman–Crippen LogP) is 2.29. The molecule has 22 heavy (non-hydrogen) atoms. The Bertz CT molecular complexity index is 490. The van der Waals surface area contributed by atoms with Gasteiger partial charge in [0.25, 0.3) is 0 Å². The van der Waals surface area contributed by atoms with Crippen LogP contribution in [0.2, 0.25) is 0 Å². The minimum Gasteiger partial charge on any atom is -0.352 e. The monoisotopic (exact) mass is 305 g/mol. The van der Waals surface area contributed by atoms with Crippen LogP contribution in [-0.2, 0) is 0 Å². The van der Waals surface area contributed by atoms with Crippen LogP contribution in [0.5, 0.6) is 0 Å². The number of carbonyl (C=O) groups is 1. The van der Waals surface area contributed by atoms with Gasteiger partial charge in [0.15, 0.2) is 5.82 Å². The van der Waals surface area contributed by atoms with Crippen molar-refractivity contribution in [3.8, 4) is 0 Å². The molecule has 0 aromatic carbocycles. The van der Waals surface area contributed by atoms with E-state index < -0.39 is 0 Å². The molecule has 1 saturated heterocycles. The summed E-state index contributed by atoms with van der Waals surface area (Å²) in [4.78, 5) is 16.3. The van der Waals surface area contributed by atoms with Crippen molar-refractivity contribution in [2.45, 2.75) is 39.2 Å². The van der Waals surface area contributed by atoms with Gasteiger partial charge in [-0.15, -0.1) is 6.58 Å². The fourth-order valence-electron chi connectivity index (χ4n) is 2.65. The molecule has 1 fully saturated rings. The zero-order chi connectivity index (χ0) is 15.9. The summed E-state index contributed by atoms with van der Waals surface area (Å²) in [5.41, 5.74) is 1.06. The van der Waals surface area contributed by atoms with Gasteiger partial charge in [0.2, 0.25) is 0 Å². The highest BCUT2D eigenvalue weighted by molar-refractivity contribution is 5.74. The summed E-state index contributed by atoms with van der Waals surface area (Å²) in [5, 5.41) is 10.3. The van der Waals surface area contributed by atoms with Crippen molar-refractivity contribution in [2.24, 2.45) is 0 Å². The molecule has 2 rings (SSSR count). The molecule has 122 valence electrons. The Morgan fingerprint density at radius 1 is 1.50 bits per heavy atom. The van der Waals surface area contributed by atoms with Crippen LogP contribution in [0.1, 0.15) is 31.9 Å². The molecule has 0 saturated carbocycles. The summed E-state index contributed by atoms with van der Waals surface area (Å²) in [6.45, 7) is 10.9. The molecule has 6 nitrogen and oxygen atoms in total. The number of nitrogens with zero attached hydrogens (tertiary/aromatic N) is 3. The van der Waals surface area contributed by atoms with Crippen LogP contribution in [0.4, 0.5) is 10.6 Å². The van der Waals surface area contributed by atoms with Gasteiger partial charge in [-0.25, -0.2) is 4.79 Å². The Labute approximate surface area is 132 Å². The van der Waals surface area contributed by atoms with Crippen LogP contribution < -0.4 is 10.2 Å². The number of rotatable bonds is 6. The molecule has 0 aliphatic carbocycles. The number of piperazine rings is 1. The molecule has 0 bridgehead atoms. The smallest absolute Gasteiger partial charge is 0.317 e. The second-order valence-electron chi connectivity index (χ2n) is 5.95. The molecule has 6 heteroatoms. The first kappa shape index (κ1) is 16.4. The van der Waals surface area contributed by atoms with E-state index in [0.29, 0.717) is 0 Å². The first-order valence-electron chi connectivity index (χ1n) is 8.03. The second-order valence-corrected chi connectivity index (χ2v) is 5.95. The number of carbonyl (C=O) groups excluding carboxylic acids is 1. The Kier molecular flexibility index (Phi) is 5.86. The largest absolute Gasteiger partial charge is 0.352 e. The lowest BCUT2D eigenvalue weighted by molar-refractivity contribution is 0.190. The molecule has 1 aromatic rings. The fourth-order valence-corrected chi connectivity index (χ4v) is 2.65. The summed E-state index contributed by atoms with van der Waals surface area (Å²) < 4.78 is 0. The molecule has 2 amide bonds. The van der Waals surface area contributed by atoms with E-state index in [-0.39, 0.29) is 12.1 Å². The number of unbranched alkanes of at least 4 members (excludes halogenated alkanes) is 1. The number of nitrogens with one attached hydrogen (secondary N) is 2. The molecular weight excluding hydrogens is 278 g/mol. The van der Waals surface area contributed by atoms with Gasteiger partial charge in [0.1, 0.15) is 0 Å². The number of amides is 2. The van der Waals surface area contributed by atoms with E-state index in [1.807, 2.05) is 24.0 Å². The summed E-state index contributed by atoms with van der Waals surface area (Å²) in [7, 11) is 0. The number of hydrogen-bond donors (Lipinski definition) is 2. The van der Waals surface area contributed by atoms with E-state index in [0.717, 1.165) is 57.0 Å². The number of aromatic amines is 1. The van der Waals surface area contributed by atoms with Crippen molar-refractivity contribution in [1.82, 2.24) is 20.4 Å². The number of allylic oxidation sites excluding steroid dienone is 1. The Morgan fingerprint density at radius 2 is 2.23 bits per heavy atom. The maximum Gasteiger partial charge on any atom is 0.317 e. The molecule has 2 heterocycles. The Hall–Kier alpha value is -1.98. The van der Waals surface area contributed by atoms with Crippen molar-refractivity contribution in [1.29, 1.82) is 0 Å². The molecule has 0 radical (unpaired) electrons. The van der Waals surface area contributed by atoms with Crippen LogP contribution in [0.25, 0.3) is 0 Å². The summed E-state index contributed by atoms with van der Waals surface area (Å²) in [6.07, 6.45) is 4.98. The number of anilines is 1. The number of aromatic nitrogens is 2. The molecule has 1 aliphatic heterocycles. The molecule has 2 N–H and O–H groups in total. The van der Waals surface area contributed by atoms with Gasteiger partial charge in [0.05, 0.1) is 0 Å². The standard InChI is InChI=1S/C16H27N5O/c1-4-5-6-7-13(2)17-16(22)21-10-8-20(9-11-21)15-12-14(3)18-19-15/h4,12-13H,1,5-11H2,2-3H3,(H,17,22)(H,18,19)/t13-/m0/s1. The van der Waals surface area contributed by atoms with Gasteiger partial charge in [0, 0.05) is 44.0 Å². The van der Waals surface area contributed by atoms with Gasteiger partial charge < -0.3 is 15.1 Å². The third-order valence-corrected chi connectivity index (χ3v) is 4.00. The van der Waals surface area contributed by atoms with E-state index >= 15 is 0 Å². The maximum absolute atomic E-state index is 12.2. The minimum atomic E-state index is 0.0453. The van der Waals surface area contributed by atoms with Crippen LogP contribution in [0.3, 0.4) is 0 Å². The first-order chi connectivity index (χ1) is 10.6. The van der Waals surface area contributed by atoms with Crippen LogP contribution in [-0.4, -0.2) is 53.3 Å². The Balaban J connectivity index is 1.73. The Morgan fingerprint density at radius 3 is 2.82 bits per heavy atom. The van der Waals surface area contributed by atoms with Gasteiger partial charge in [-0.05, 0) is 33.1 Å². The average Bonchev–Trinajstić information content (AvgIpc) is 2.94. The van der Waals surface area contributed by atoms with E-state index in [1.54, 1.807) is 0 Å². The third kappa shape index (κ3) is 4.51. The highest BCUT2D eigenvalue weighted by Crippen LogP contribution is 2.14. The summed E-state index contributed by atoms with van der Waals surface area (Å²) in [5.74, 6) is 0.968. The van der Waals surface area contributed by atoms with Crippen molar-refractivity contribution >= 4 is 11.8 Å². The van der Waals surface area contributed by atoms with Crippen molar-refractivity contribution < 1.29 is 4.79 Å². The molecule has 1 aromatic heterocycles. The van der Waals surface area contributed by atoms with E-state index in [9.17, 15) is 4.79 Å². The van der Waals surface area contributed by atoms with Crippen LogP contribution in [0, 0.1) is 6.92 Å². The number of aryl methyl sites for hydroxylation is 1. The lowest BCUT2D eigenvalue weighted by Crippen LogP contribution is -2.53. The van der Waals surface area contributed by atoms with E-state index in [1.165, 1.54) is 0 Å². The van der Waals surface area contributed by atoms with Crippen LogP contribution >= 0.6 is 0 Å². The van der Waals surface area contributed by atoms with Gasteiger partial charge in [-0.1, -0.05) is 6.08 Å². The quantitative estimate of drug-likeness (QED) is 0.626. The van der Waals surface area contributed by atoms with Gasteiger partial charge >= 0.3 is 6.03 Å². The lowest BCUT2D eigenvalue weighted by Gasteiger charge is -2.35. The highest BCUT2D eigenvalue weighted by Gasteiger charge is 2.23. The summed E-state index contributed by atoms with van der Waals surface area (Å²) >= 11 is 0. The SMILES string of the molecule is C=CCCC[C@H](C)NC(=O)N1CCN(c2cc(C)[nH]n2)CC1. The zero-order valence-corrected chi connectivity index (χ0v) is 13.6. The normalized spacial score (nSPS) is 16.5. The molecule has 1 atom stereocenters. The topological polar surface area (TPSA) is 64.3 Å². The lowest BCUT2D eigenvalue weighted by atomic mass is 10.1. The third-order valence-electron chi connectivity index (χ3n) is 4.00. The van der Waals surface area contributed by atoms with Gasteiger partial charge in [-0.3, -0.25) is 5.10 Å². The molecule has 1 aliphatic rings. The van der Waals surface area contributed by atoms with Crippen molar-refractivity contribution in [2.75, 3.05) is 31.1 Å². The average molecular weight is 305 g/mol. The summed E-state index contributed by atoms with van der Waals surface area (Å²) in [6, 6.07) is 2.29. The van der Waals surface area contributed by atoms with Crippen LogP contribution in [0.15, 0.2) is 18.7 Å². The van der Waals surface area contributed by atoms with Crippen molar-refractivity contribution in [3.05, 3.63) is 24.4 Å². The molecular formula is C16H27N5O. The van der Waals surface area contributed by atoms with Gasteiger partial charge in [-0.2, -0.15) is 5.10 Å². The highest BCUT2D eigenvalue weighted by atomic mass is 16.2. The number of urea groups is 1. The van der Waals surface area contributed by atoms with Crippen molar-refractivity contribution in [3.63, 3.8) is 0 Å². The number of H-pyrrole nitrogens is 1. The van der Waals surface area contributed by atoms with E-state index in [4.69, 9.17) is 0 Å². The zero-order valence-electron chi connectivity index (χ0n) is 13.6. The first-order valence-corrected chi connectivity index (χ1v) is 8.03.